The highest BCUT2D eigenvalue weighted by molar-refractivity contribution is 5.86. The number of ether oxygens (including phenoxy) is 1. The van der Waals surface area contributed by atoms with Crippen molar-refractivity contribution < 1.29 is 14.6 Å². The number of hydrogen-bond acceptors (Lipinski definition) is 3. The van der Waals surface area contributed by atoms with Gasteiger partial charge in [0.1, 0.15) is 5.75 Å². The lowest BCUT2D eigenvalue weighted by atomic mass is 9.96. The molecule has 0 heterocycles. The van der Waals surface area contributed by atoms with Gasteiger partial charge in [-0.05, 0) is 73.1 Å². The third kappa shape index (κ3) is 5.38. The molecule has 0 amide bonds. The van der Waals surface area contributed by atoms with Crippen molar-refractivity contribution in [2.45, 2.75) is 57.2 Å². The first-order chi connectivity index (χ1) is 14.5. The summed E-state index contributed by atoms with van der Waals surface area (Å²) < 4.78 is 5.44. The first-order valence-corrected chi connectivity index (χ1v) is 10.7. The molecule has 0 bridgehead atoms. The Labute approximate surface area is 190 Å². The molecule has 1 aliphatic rings. The molecule has 3 aromatic rings. The topological polar surface area (TPSA) is 58.6 Å². The van der Waals surface area contributed by atoms with E-state index in [1.54, 1.807) is 6.92 Å². The van der Waals surface area contributed by atoms with Crippen molar-refractivity contribution in [3.05, 3.63) is 77.9 Å². The van der Waals surface area contributed by atoms with Gasteiger partial charge in [0.2, 0.25) is 0 Å². The van der Waals surface area contributed by atoms with Gasteiger partial charge in [-0.2, -0.15) is 0 Å². The summed E-state index contributed by atoms with van der Waals surface area (Å²) in [6.45, 7) is 3.80. The van der Waals surface area contributed by atoms with Gasteiger partial charge in [0.15, 0.2) is 6.10 Å². The Balaban J connectivity index is 0.00000272. The predicted octanol–water partition coefficient (Wildman–Crippen LogP) is 6.10. The highest BCUT2D eigenvalue weighted by Gasteiger charge is 2.27. The Hall–Kier alpha value is -2.56. The van der Waals surface area contributed by atoms with Crippen molar-refractivity contribution in [1.82, 2.24) is 5.32 Å². The number of rotatable bonds is 7. The van der Waals surface area contributed by atoms with Crippen molar-refractivity contribution in [2.24, 2.45) is 0 Å². The van der Waals surface area contributed by atoms with Crippen LogP contribution in [0.15, 0.2) is 66.7 Å². The van der Waals surface area contributed by atoms with Crippen molar-refractivity contribution >= 4 is 29.1 Å². The van der Waals surface area contributed by atoms with E-state index in [0.717, 1.165) is 19.3 Å². The van der Waals surface area contributed by atoms with Crippen LogP contribution in [0.3, 0.4) is 0 Å². The van der Waals surface area contributed by atoms with Crippen LogP contribution in [-0.4, -0.2) is 23.2 Å². The summed E-state index contributed by atoms with van der Waals surface area (Å²) in [6.07, 6.45) is 2.59. The fourth-order valence-electron chi connectivity index (χ4n) is 4.58. The maximum atomic E-state index is 10.9. The van der Waals surface area contributed by atoms with Crippen LogP contribution in [0, 0.1) is 0 Å². The lowest BCUT2D eigenvalue weighted by molar-refractivity contribution is -0.144. The second-order valence-electron chi connectivity index (χ2n) is 8.33. The van der Waals surface area contributed by atoms with Crippen LogP contribution in [0.1, 0.15) is 56.2 Å². The van der Waals surface area contributed by atoms with Gasteiger partial charge in [0.05, 0.1) is 0 Å². The molecule has 4 rings (SSSR count). The van der Waals surface area contributed by atoms with Crippen molar-refractivity contribution in [1.29, 1.82) is 0 Å². The molecule has 0 radical (unpaired) electrons. The zero-order valence-electron chi connectivity index (χ0n) is 18.0. The predicted molar refractivity (Wildman–Crippen MR) is 127 cm³/mol. The number of carboxylic acids is 1. The maximum absolute atomic E-state index is 10.9. The summed E-state index contributed by atoms with van der Waals surface area (Å²) in [4.78, 5) is 10.9. The van der Waals surface area contributed by atoms with E-state index in [-0.39, 0.29) is 12.4 Å². The molecule has 0 aliphatic heterocycles. The number of benzene rings is 3. The normalized spacial score (nSPS) is 20.1. The second kappa shape index (κ2) is 10.2. The van der Waals surface area contributed by atoms with Gasteiger partial charge in [-0.3, -0.25) is 0 Å². The molecule has 4 atom stereocenters. The number of fused-ring (bicyclic) bond motifs is 1. The molecule has 31 heavy (non-hydrogen) atoms. The molecule has 3 aromatic carbocycles. The van der Waals surface area contributed by atoms with Crippen LogP contribution in [0.2, 0.25) is 0 Å². The lowest BCUT2D eigenvalue weighted by Crippen LogP contribution is -2.29. The number of carbonyl (C=O) groups is 1. The molecular weight excluding hydrogens is 410 g/mol. The molecule has 0 aromatic heterocycles. The summed E-state index contributed by atoms with van der Waals surface area (Å²) in [7, 11) is 0. The number of halogens is 1. The van der Waals surface area contributed by atoms with Crippen LogP contribution in [0.4, 0.5) is 0 Å². The summed E-state index contributed by atoms with van der Waals surface area (Å²) in [5, 5.41) is 15.4. The summed E-state index contributed by atoms with van der Waals surface area (Å²) in [6, 6.07) is 23.8. The zero-order chi connectivity index (χ0) is 21.1. The van der Waals surface area contributed by atoms with E-state index in [1.807, 2.05) is 12.1 Å². The molecule has 0 spiro atoms. The second-order valence-corrected chi connectivity index (χ2v) is 8.33. The first-order valence-electron chi connectivity index (χ1n) is 10.7. The van der Waals surface area contributed by atoms with Gasteiger partial charge >= 0.3 is 5.97 Å². The van der Waals surface area contributed by atoms with Crippen LogP contribution < -0.4 is 10.1 Å². The van der Waals surface area contributed by atoms with Gasteiger partial charge < -0.3 is 15.2 Å². The zero-order valence-corrected chi connectivity index (χ0v) is 18.8. The largest absolute Gasteiger partial charge is 0.479 e. The third-order valence-electron chi connectivity index (χ3n) is 6.22. The van der Waals surface area contributed by atoms with E-state index < -0.39 is 12.1 Å². The Morgan fingerprint density at radius 2 is 1.71 bits per heavy atom. The van der Waals surface area contributed by atoms with Crippen molar-refractivity contribution in [3.8, 4) is 5.75 Å². The summed E-state index contributed by atoms with van der Waals surface area (Å²) in [5.74, 6) is 0.170. The molecule has 5 heteroatoms. The number of aliphatic carboxylic acids is 1. The molecule has 4 nitrogen and oxygen atoms in total. The minimum atomic E-state index is -0.955. The number of nitrogens with one attached hydrogen (secondary N) is 1. The fourth-order valence-corrected chi connectivity index (χ4v) is 4.58. The van der Waals surface area contributed by atoms with Crippen LogP contribution >= 0.6 is 12.4 Å². The van der Waals surface area contributed by atoms with Crippen molar-refractivity contribution in [2.75, 3.05) is 0 Å². The van der Waals surface area contributed by atoms with E-state index in [1.165, 1.54) is 21.9 Å². The van der Waals surface area contributed by atoms with Gasteiger partial charge in [0, 0.05) is 12.1 Å². The van der Waals surface area contributed by atoms with E-state index >= 15 is 0 Å². The molecular formula is C26H30ClNO3. The van der Waals surface area contributed by atoms with E-state index in [9.17, 15) is 4.79 Å². The summed E-state index contributed by atoms with van der Waals surface area (Å²) in [5.41, 5.74) is 2.65. The third-order valence-corrected chi connectivity index (χ3v) is 6.22. The van der Waals surface area contributed by atoms with Gasteiger partial charge in [-0.1, -0.05) is 54.6 Å². The van der Waals surface area contributed by atoms with Crippen molar-refractivity contribution in [3.63, 3.8) is 0 Å². The standard InChI is InChI=1S/C26H29NO3.ClH/c1-17(24-9-5-7-20-6-3-4-8-25(20)24)27-22-13-10-21(16-22)19-11-14-23(15-12-19)30-18(2)26(28)29;/h3-9,11-12,14-15,17-18,21-22,27H,10,13,16H2,1-2H3,(H,28,29);1H/t17-,18?,21-,22+;/m1./s1. The van der Waals surface area contributed by atoms with Crippen LogP contribution in [0.5, 0.6) is 5.75 Å². The minimum absolute atomic E-state index is 0. The maximum Gasteiger partial charge on any atom is 0.344 e. The molecule has 1 aliphatic carbocycles. The van der Waals surface area contributed by atoms with Gasteiger partial charge in [-0.25, -0.2) is 4.79 Å². The number of hydrogen-bond donors (Lipinski definition) is 2. The van der Waals surface area contributed by atoms with Crippen LogP contribution in [0.25, 0.3) is 10.8 Å². The fraction of sp³-hybridized carbons (Fsp3) is 0.346. The lowest BCUT2D eigenvalue weighted by Gasteiger charge is -2.21. The molecule has 1 fully saturated rings. The Kier molecular flexibility index (Phi) is 7.58. The first kappa shape index (κ1) is 23.1. The Morgan fingerprint density at radius 3 is 2.45 bits per heavy atom. The highest BCUT2D eigenvalue weighted by atomic mass is 35.5. The average Bonchev–Trinajstić information content (AvgIpc) is 3.22. The highest BCUT2D eigenvalue weighted by Crippen LogP contribution is 2.36. The quantitative estimate of drug-likeness (QED) is 0.467. The van der Waals surface area contributed by atoms with Gasteiger partial charge in [0.25, 0.3) is 0 Å². The molecule has 1 unspecified atom stereocenters. The Morgan fingerprint density at radius 1 is 1.00 bits per heavy atom. The SMILES string of the molecule is CC(Oc1ccc([C@@H]2CC[C@H](N[C@H](C)c3cccc4ccccc34)C2)cc1)C(=O)O.Cl. The molecule has 1 saturated carbocycles. The Bertz CT molecular complexity index is 1020. The number of carboxylic acid groups (broad SMARTS) is 1. The average molecular weight is 440 g/mol. The van der Waals surface area contributed by atoms with Gasteiger partial charge in [-0.15, -0.1) is 12.4 Å². The molecule has 2 N–H and O–H groups in total. The van der Waals surface area contributed by atoms with E-state index in [2.05, 4.69) is 66.8 Å². The molecule has 164 valence electrons. The van der Waals surface area contributed by atoms with E-state index in [4.69, 9.17) is 9.84 Å². The smallest absolute Gasteiger partial charge is 0.344 e. The summed E-state index contributed by atoms with van der Waals surface area (Å²) >= 11 is 0. The van der Waals surface area contributed by atoms with Crippen LogP contribution in [-0.2, 0) is 4.79 Å². The van der Waals surface area contributed by atoms with E-state index in [0.29, 0.717) is 23.8 Å². The minimum Gasteiger partial charge on any atom is -0.479 e. The monoisotopic (exact) mass is 439 g/mol. The molecule has 0 saturated heterocycles.